The van der Waals surface area contributed by atoms with Gasteiger partial charge in [0.2, 0.25) is 0 Å². The van der Waals surface area contributed by atoms with Crippen LogP contribution in [0, 0.1) is 0 Å². The number of rotatable bonds is 5. The Hall–Kier alpha value is -1.45. The number of aliphatic carboxylic acids is 1. The molecule has 0 saturated carbocycles. The fourth-order valence-corrected chi connectivity index (χ4v) is 1.05. The van der Waals surface area contributed by atoms with Gasteiger partial charge in [0, 0.05) is 12.6 Å². The van der Waals surface area contributed by atoms with Gasteiger partial charge in [-0.15, -0.1) is 0 Å². The van der Waals surface area contributed by atoms with Crippen molar-refractivity contribution in [3.8, 4) is 0 Å². The lowest BCUT2D eigenvalue weighted by Crippen LogP contribution is -1.96. The molecule has 0 spiro atoms. The summed E-state index contributed by atoms with van der Waals surface area (Å²) in [6.07, 6.45) is 4.22. The third-order valence-corrected chi connectivity index (χ3v) is 1.70. The third-order valence-electron chi connectivity index (χ3n) is 1.70. The largest absolute Gasteiger partial charge is 0.481 e. The summed E-state index contributed by atoms with van der Waals surface area (Å²) in [5.74, 6) is -0.737. The van der Waals surface area contributed by atoms with Gasteiger partial charge in [0.15, 0.2) is 0 Å². The molecule has 13 heavy (non-hydrogen) atoms. The third kappa shape index (κ3) is 4.20. The molecule has 0 aliphatic rings. The number of carboxylic acid groups (broad SMARTS) is 1. The summed E-state index contributed by atoms with van der Waals surface area (Å²) in [6, 6.07) is 3.73. The first-order chi connectivity index (χ1) is 6.29. The zero-order chi connectivity index (χ0) is 9.52. The molecule has 1 rings (SSSR count). The molecule has 1 N–H and O–H groups in total. The van der Waals surface area contributed by atoms with Crippen molar-refractivity contribution in [3.63, 3.8) is 0 Å². The fourth-order valence-electron chi connectivity index (χ4n) is 1.05. The van der Waals surface area contributed by atoms with Crippen molar-refractivity contribution in [2.45, 2.75) is 25.7 Å². The van der Waals surface area contributed by atoms with Gasteiger partial charge in [-0.2, -0.15) is 10.2 Å². The molecule has 0 saturated heterocycles. The summed E-state index contributed by atoms with van der Waals surface area (Å²) < 4.78 is 0. The van der Waals surface area contributed by atoms with Crippen molar-refractivity contribution in [3.05, 3.63) is 24.0 Å². The highest BCUT2D eigenvalue weighted by atomic mass is 16.4. The predicted octanol–water partition coefficient (Wildman–Crippen LogP) is 1.27. The molecule has 0 fully saturated rings. The molecular formula is C9H12N2O2. The molecule has 70 valence electrons. The van der Waals surface area contributed by atoms with Crippen molar-refractivity contribution in [2.24, 2.45) is 0 Å². The molecule has 0 unspecified atom stereocenters. The van der Waals surface area contributed by atoms with E-state index in [0.29, 0.717) is 6.42 Å². The molecule has 4 heteroatoms. The Labute approximate surface area is 76.6 Å². The maximum atomic E-state index is 10.2. The Morgan fingerprint density at radius 3 is 2.92 bits per heavy atom. The standard InChI is InChI=1S/C9H12N2O2/c12-9(13)6-2-1-4-8-5-3-7-10-11-8/h3,5,7H,1-2,4,6H2,(H,12,13). The van der Waals surface area contributed by atoms with Crippen molar-refractivity contribution < 1.29 is 9.90 Å². The van der Waals surface area contributed by atoms with Crippen molar-refractivity contribution >= 4 is 5.97 Å². The van der Waals surface area contributed by atoms with Gasteiger partial charge in [-0.25, -0.2) is 0 Å². The second kappa shape index (κ2) is 5.24. The van der Waals surface area contributed by atoms with Gasteiger partial charge < -0.3 is 5.11 Å². The second-order valence-electron chi connectivity index (χ2n) is 2.82. The van der Waals surface area contributed by atoms with Crippen LogP contribution >= 0.6 is 0 Å². The van der Waals surface area contributed by atoms with E-state index in [2.05, 4.69) is 10.2 Å². The molecule has 0 atom stereocenters. The monoisotopic (exact) mass is 180 g/mol. The lowest BCUT2D eigenvalue weighted by Gasteiger charge is -1.97. The maximum absolute atomic E-state index is 10.2. The Morgan fingerprint density at radius 1 is 1.46 bits per heavy atom. The van der Waals surface area contributed by atoms with E-state index in [4.69, 9.17) is 5.11 Å². The lowest BCUT2D eigenvalue weighted by atomic mass is 10.1. The van der Waals surface area contributed by atoms with Crippen LogP contribution in [0.3, 0.4) is 0 Å². The highest BCUT2D eigenvalue weighted by Crippen LogP contribution is 2.02. The normalized spacial score (nSPS) is 9.85. The molecule has 0 bridgehead atoms. The van der Waals surface area contributed by atoms with Crippen molar-refractivity contribution in [1.29, 1.82) is 0 Å². The van der Waals surface area contributed by atoms with E-state index in [1.165, 1.54) is 0 Å². The first-order valence-corrected chi connectivity index (χ1v) is 4.27. The molecule has 1 aromatic rings. The van der Waals surface area contributed by atoms with E-state index in [9.17, 15) is 4.79 Å². The number of aromatic nitrogens is 2. The second-order valence-corrected chi connectivity index (χ2v) is 2.82. The topological polar surface area (TPSA) is 63.1 Å². The van der Waals surface area contributed by atoms with Gasteiger partial charge in [0.25, 0.3) is 0 Å². The van der Waals surface area contributed by atoms with E-state index in [1.807, 2.05) is 12.1 Å². The van der Waals surface area contributed by atoms with Crippen LogP contribution in [0.5, 0.6) is 0 Å². The van der Waals surface area contributed by atoms with Crippen LogP contribution in [0.1, 0.15) is 25.0 Å². The molecule has 1 aromatic heterocycles. The van der Waals surface area contributed by atoms with Crippen LogP contribution < -0.4 is 0 Å². The number of nitrogens with zero attached hydrogens (tertiary/aromatic N) is 2. The van der Waals surface area contributed by atoms with Gasteiger partial charge in [-0.3, -0.25) is 4.79 Å². The number of carbonyl (C=O) groups is 1. The Balaban J connectivity index is 2.17. The quantitative estimate of drug-likeness (QED) is 0.693. The summed E-state index contributed by atoms with van der Waals surface area (Å²) >= 11 is 0. The van der Waals surface area contributed by atoms with Gasteiger partial charge in [-0.1, -0.05) is 0 Å². The van der Waals surface area contributed by atoms with Crippen LogP contribution in [0.4, 0.5) is 0 Å². The number of hydrogen-bond donors (Lipinski definition) is 1. The average molecular weight is 180 g/mol. The van der Waals surface area contributed by atoms with Crippen LogP contribution in [-0.2, 0) is 11.2 Å². The van der Waals surface area contributed by atoms with Crippen molar-refractivity contribution in [1.82, 2.24) is 10.2 Å². The van der Waals surface area contributed by atoms with E-state index in [-0.39, 0.29) is 6.42 Å². The number of aryl methyl sites for hydroxylation is 1. The summed E-state index contributed by atoms with van der Waals surface area (Å²) in [6.45, 7) is 0. The number of carboxylic acids is 1. The van der Waals surface area contributed by atoms with E-state index in [1.54, 1.807) is 6.20 Å². The van der Waals surface area contributed by atoms with Crippen LogP contribution in [0.25, 0.3) is 0 Å². The summed E-state index contributed by atoms with van der Waals surface area (Å²) in [7, 11) is 0. The Morgan fingerprint density at radius 2 is 2.31 bits per heavy atom. The minimum atomic E-state index is -0.737. The van der Waals surface area contributed by atoms with Gasteiger partial charge >= 0.3 is 5.97 Å². The van der Waals surface area contributed by atoms with E-state index in [0.717, 1.165) is 18.5 Å². The molecule has 0 amide bonds. The van der Waals surface area contributed by atoms with E-state index < -0.39 is 5.97 Å². The van der Waals surface area contributed by atoms with Gasteiger partial charge in [0.1, 0.15) is 0 Å². The highest BCUT2D eigenvalue weighted by molar-refractivity contribution is 5.66. The highest BCUT2D eigenvalue weighted by Gasteiger charge is 1.97. The van der Waals surface area contributed by atoms with Crippen molar-refractivity contribution in [2.75, 3.05) is 0 Å². The minimum Gasteiger partial charge on any atom is -0.481 e. The summed E-state index contributed by atoms with van der Waals surface area (Å²) in [4.78, 5) is 10.2. The zero-order valence-electron chi connectivity index (χ0n) is 7.31. The molecule has 0 aliphatic heterocycles. The first kappa shape index (κ1) is 9.64. The molecule has 4 nitrogen and oxygen atoms in total. The maximum Gasteiger partial charge on any atom is 0.303 e. The van der Waals surface area contributed by atoms with E-state index >= 15 is 0 Å². The fraction of sp³-hybridized carbons (Fsp3) is 0.444. The number of hydrogen-bond acceptors (Lipinski definition) is 3. The Bertz CT molecular complexity index is 262. The average Bonchev–Trinajstić information content (AvgIpc) is 2.14. The minimum absolute atomic E-state index is 0.236. The SMILES string of the molecule is O=C(O)CCCCc1cccnn1. The van der Waals surface area contributed by atoms with Gasteiger partial charge in [-0.05, 0) is 31.4 Å². The molecule has 0 aromatic carbocycles. The molecule has 0 aliphatic carbocycles. The van der Waals surface area contributed by atoms with Crippen LogP contribution in [0.2, 0.25) is 0 Å². The predicted molar refractivity (Wildman–Crippen MR) is 47.2 cm³/mol. The lowest BCUT2D eigenvalue weighted by molar-refractivity contribution is -0.137. The van der Waals surface area contributed by atoms with Crippen LogP contribution in [-0.4, -0.2) is 21.3 Å². The van der Waals surface area contributed by atoms with Gasteiger partial charge in [0.05, 0.1) is 5.69 Å². The van der Waals surface area contributed by atoms with Crippen LogP contribution in [0.15, 0.2) is 18.3 Å². The molecular weight excluding hydrogens is 168 g/mol. The summed E-state index contributed by atoms with van der Waals surface area (Å²) in [5.41, 5.74) is 0.924. The first-order valence-electron chi connectivity index (χ1n) is 4.27. The molecule has 0 radical (unpaired) electrons. The summed E-state index contributed by atoms with van der Waals surface area (Å²) in [5, 5.41) is 16.0. The smallest absolute Gasteiger partial charge is 0.303 e. The zero-order valence-corrected chi connectivity index (χ0v) is 7.31. The number of unbranched alkanes of at least 4 members (excludes halogenated alkanes) is 1. The molecule has 1 heterocycles. The Kier molecular flexibility index (Phi) is 3.88.